The van der Waals surface area contributed by atoms with E-state index in [4.69, 9.17) is 9.47 Å². The number of rotatable bonds is 8. The number of hydrogen-bond donors (Lipinski definition) is 1. The van der Waals surface area contributed by atoms with Crippen molar-refractivity contribution in [3.63, 3.8) is 0 Å². The average Bonchev–Trinajstić information content (AvgIpc) is 2.50. The molecule has 0 fully saturated rings. The number of nitrogens with one attached hydrogen (secondary N) is 1. The molecule has 0 aromatic heterocycles. The van der Waals surface area contributed by atoms with E-state index >= 15 is 0 Å². The summed E-state index contributed by atoms with van der Waals surface area (Å²) in [5.41, 5.74) is 0.436. The Hall–Kier alpha value is -2.04. The highest BCUT2D eigenvalue weighted by Gasteiger charge is 2.14. The minimum Gasteiger partial charge on any atom is -0.493 e. The summed E-state index contributed by atoms with van der Waals surface area (Å²) < 4.78 is 10.3. The predicted octanol–water partition coefficient (Wildman–Crippen LogP) is 2.19. The maximum absolute atomic E-state index is 12.1. The number of carbonyl (C=O) groups excluding carboxylic acids is 2. The molecule has 0 aliphatic rings. The zero-order valence-electron chi connectivity index (χ0n) is 12.1. The summed E-state index contributed by atoms with van der Waals surface area (Å²) in [6, 6.07) is 4.44. The van der Waals surface area contributed by atoms with Crippen LogP contribution in [0.3, 0.4) is 0 Å². The molecule has 20 heavy (non-hydrogen) atoms. The number of ether oxygens (including phenoxy) is 2. The Labute approximate surface area is 119 Å². The molecular formula is C15H21NO4. The fourth-order valence-electron chi connectivity index (χ4n) is 1.83. The van der Waals surface area contributed by atoms with Gasteiger partial charge in [0.15, 0.2) is 11.5 Å². The van der Waals surface area contributed by atoms with Crippen molar-refractivity contribution in [2.24, 2.45) is 0 Å². The molecule has 0 spiro atoms. The molecule has 0 heterocycles. The number of methoxy groups -OCH3 is 2. The van der Waals surface area contributed by atoms with Crippen molar-refractivity contribution in [3.8, 4) is 11.5 Å². The van der Waals surface area contributed by atoms with Crippen LogP contribution in [0.25, 0.3) is 0 Å². The molecule has 110 valence electrons. The van der Waals surface area contributed by atoms with Crippen LogP contribution in [0, 0.1) is 0 Å². The molecule has 5 nitrogen and oxygen atoms in total. The molecule has 0 radical (unpaired) electrons. The van der Waals surface area contributed by atoms with E-state index in [9.17, 15) is 9.59 Å². The molecule has 0 saturated carbocycles. The zero-order chi connectivity index (χ0) is 15.0. The van der Waals surface area contributed by atoms with E-state index in [1.807, 2.05) is 6.92 Å². The molecule has 0 bridgehead atoms. The third kappa shape index (κ3) is 4.26. The lowest BCUT2D eigenvalue weighted by Crippen LogP contribution is -2.35. The molecular weight excluding hydrogens is 258 g/mol. The Balaban J connectivity index is 2.78. The molecule has 5 heteroatoms. The van der Waals surface area contributed by atoms with Crippen LogP contribution < -0.4 is 14.8 Å². The van der Waals surface area contributed by atoms with E-state index in [1.165, 1.54) is 14.2 Å². The molecule has 0 saturated heterocycles. The molecule has 0 aliphatic heterocycles. The lowest BCUT2D eigenvalue weighted by atomic mass is 10.1. The van der Waals surface area contributed by atoms with Crippen molar-refractivity contribution >= 4 is 12.2 Å². The van der Waals surface area contributed by atoms with Crippen LogP contribution in [0.1, 0.15) is 36.5 Å². The highest BCUT2D eigenvalue weighted by molar-refractivity contribution is 5.96. The molecule has 1 N–H and O–H groups in total. The van der Waals surface area contributed by atoms with Gasteiger partial charge in [0.05, 0.1) is 20.3 Å². The highest BCUT2D eigenvalue weighted by atomic mass is 16.5. The zero-order valence-corrected chi connectivity index (χ0v) is 12.1. The van der Waals surface area contributed by atoms with Crippen LogP contribution in [0.2, 0.25) is 0 Å². The Bertz CT molecular complexity index is 459. The van der Waals surface area contributed by atoms with Gasteiger partial charge in [0.1, 0.15) is 6.29 Å². The number of benzene rings is 1. The van der Waals surface area contributed by atoms with Gasteiger partial charge in [-0.15, -0.1) is 0 Å². The second-order valence-electron chi connectivity index (χ2n) is 4.43. The smallest absolute Gasteiger partial charge is 0.251 e. The molecule has 0 unspecified atom stereocenters. The van der Waals surface area contributed by atoms with Gasteiger partial charge in [-0.3, -0.25) is 4.79 Å². The van der Waals surface area contributed by atoms with Gasteiger partial charge in [0.2, 0.25) is 0 Å². The summed E-state index contributed by atoms with van der Waals surface area (Å²) >= 11 is 0. The van der Waals surface area contributed by atoms with Crippen LogP contribution in [-0.2, 0) is 4.79 Å². The summed E-state index contributed by atoms with van der Waals surface area (Å²) in [7, 11) is 3.04. The Morgan fingerprint density at radius 1 is 1.30 bits per heavy atom. The first-order chi connectivity index (χ1) is 9.65. The summed E-state index contributed by atoms with van der Waals surface area (Å²) in [4.78, 5) is 23.0. The number of carbonyl (C=O) groups is 2. The van der Waals surface area contributed by atoms with Gasteiger partial charge in [0, 0.05) is 5.56 Å². The first-order valence-corrected chi connectivity index (χ1v) is 6.64. The van der Waals surface area contributed by atoms with Crippen molar-refractivity contribution in [2.75, 3.05) is 14.2 Å². The van der Waals surface area contributed by atoms with Gasteiger partial charge in [-0.1, -0.05) is 19.8 Å². The van der Waals surface area contributed by atoms with Gasteiger partial charge < -0.3 is 19.6 Å². The van der Waals surface area contributed by atoms with Crippen LogP contribution in [0.4, 0.5) is 0 Å². The first kappa shape index (κ1) is 16.0. The van der Waals surface area contributed by atoms with E-state index in [-0.39, 0.29) is 5.91 Å². The largest absolute Gasteiger partial charge is 0.493 e. The van der Waals surface area contributed by atoms with Crippen molar-refractivity contribution in [1.29, 1.82) is 0 Å². The number of amides is 1. The SMILES string of the molecule is CCCC[C@@H](C=O)NC(=O)c1ccc(OC)c(OC)c1. The quantitative estimate of drug-likeness (QED) is 0.741. The summed E-state index contributed by atoms with van der Waals surface area (Å²) in [6.07, 6.45) is 3.31. The van der Waals surface area contributed by atoms with Crippen molar-refractivity contribution in [3.05, 3.63) is 23.8 Å². The fourth-order valence-corrected chi connectivity index (χ4v) is 1.83. The molecule has 1 rings (SSSR count). The van der Waals surface area contributed by atoms with E-state index in [0.29, 0.717) is 23.5 Å². The maximum Gasteiger partial charge on any atom is 0.251 e. The lowest BCUT2D eigenvalue weighted by Gasteiger charge is -2.13. The first-order valence-electron chi connectivity index (χ1n) is 6.64. The molecule has 1 amide bonds. The summed E-state index contributed by atoms with van der Waals surface area (Å²) in [6.45, 7) is 2.04. The molecule has 1 aromatic rings. The molecule has 1 atom stereocenters. The lowest BCUT2D eigenvalue weighted by molar-refractivity contribution is -0.109. The summed E-state index contributed by atoms with van der Waals surface area (Å²) in [5.74, 6) is 0.748. The standard InChI is InChI=1S/C15H21NO4/c1-4-5-6-12(10-17)16-15(18)11-7-8-13(19-2)14(9-11)20-3/h7-10,12H,4-6H2,1-3H3,(H,16,18)/t12-/m0/s1. The van der Waals surface area contributed by atoms with Crippen molar-refractivity contribution < 1.29 is 19.1 Å². The van der Waals surface area contributed by atoms with Crippen LogP contribution in [-0.4, -0.2) is 32.5 Å². The highest BCUT2D eigenvalue weighted by Crippen LogP contribution is 2.27. The Morgan fingerprint density at radius 3 is 2.55 bits per heavy atom. The van der Waals surface area contributed by atoms with Gasteiger partial charge in [0.25, 0.3) is 5.91 Å². The van der Waals surface area contributed by atoms with E-state index < -0.39 is 6.04 Å². The normalized spacial score (nSPS) is 11.6. The minimum atomic E-state index is -0.449. The topological polar surface area (TPSA) is 64.6 Å². The van der Waals surface area contributed by atoms with Crippen LogP contribution in [0.5, 0.6) is 11.5 Å². The number of unbranched alkanes of at least 4 members (excludes halogenated alkanes) is 1. The van der Waals surface area contributed by atoms with Gasteiger partial charge >= 0.3 is 0 Å². The number of hydrogen-bond acceptors (Lipinski definition) is 4. The van der Waals surface area contributed by atoms with E-state index in [2.05, 4.69) is 5.32 Å². The van der Waals surface area contributed by atoms with Crippen molar-refractivity contribution in [1.82, 2.24) is 5.32 Å². The molecule has 1 aromatic carbocycles. The summed E-state index contributed by atoms with van der Waals surface area (Å²) in [5, 5.41) is 2.70. The monoisotopic (exact) mass is 279 g/mol. The fraction of sp³-hybridized carbons (Fsp3) is 0.467. The predicted molar refractivity (Wildman–Crippen MR) is 76.4 cm³/mol. The second kappa shape index (κ2) is 8.19. The minimum absolute atomic E-state index is 0.292. The van der Waals surface area contributed by atoms with Gasteiger partial charge in [-0.05, 0) is 24.6 Å². The number of aldehydes is 1. The van der Waals surface area contributed by atoms with Gasteiger partial charge in [-0.25, -0.2) is 0 Å². The average molecular weight is 279 g/mol. The van der Waals surface area contributed by atoms with Crippen molar-refractivity contribution in [2.45, 2.75) is 32.2 Å². The van der Waals surface area contributed by atoms with E-state index in [1.54, 1.807) is 18.2 Å². The van der Waals surface area contributed by atoms with Crippen LogP contribution >= 0.6 is 0 Å². The second-order valence-corrected chi connectivity index (χ2v) is 4.43. The van der Waals surface area contributed by atoms with Crippen LogP contribution in [0.15, 0.2) is 18.2 Å². The molecule has 0 aliphatic carbocycles. The maximum atomic E-state index is 12.1. The Morgan fingerprint density at radius 2 is 2.00 bits per heavy atom. The third-order valence-electron chi connectivity index (χ3n) is 3.00. The van der Waals surface area contributed by atoms with E-state index in [0.717, 1.165) is 19.1 Å². The Kier molecular flexibility index (Phi) is 6.56. The third-order valence-corrected chi connectivity index (χ3v) is 3.00. The van der Waals surface area contributed by atoms with Gasteiger partial charge in [-0.2, -0.15) is 0 Å².